The molecule has 2 aromatic rings. The van der Waals surface area contributed by atoms with E-state index in [1.807, 2.05) is 6.07 Å². The van der Waals surface area contributed by atoms with Crippen LogP contribution >= 0.6 is 0 Å². The SMILES string of the molecule is O=C(O)c1ccc(C(=O)c2ccccc2)cc1.O=C=O. The van der Waals surface area contributed by atoms with Crippen molar-refractivity contribution in [1.82, 2.24) is 0 Å². The van der Waals surface area contributed by atoms with Gasteiger partial charge in [-0.3, -0.25) is 4.79 Å². The zero-order chi connectivity index (χ0) is 15.0. The van der Waals surface area contributed by atoms with Gasteiger partial charge in [0.1, 0.15) is 0 Å². The summed E-state index contributed by atoms with van der Waals surface area (Å²) in [6.45, 7) is 0. The van der Waals surface area contributed by atoms with Crippen LogP contribution in [0.3, 0.4) is 0 Å². The molecule has 100 valence electrons. The average molecular weight is 270 g/mol. The number of benzene rings is 2. The molecule has 0 atom stereocenters. The van der Waals surface area contributed by atoms with Crippen LogP contribution in [0.1, 0.15) is 26.3 Å². The third-order valence-electron chi connectivity index (χ3n) is 2.43. The Morgan fingerprint density at radius 3 is 1.60 bits per heavy atom. The number of carbonyl (C=O) groups is 2. The molecule has 0 saturated carbocycles. The minimum atomic E-state index is -0.997. The van der Waals surface area contributed by atoms with Gasteiger partial charge in [0.15, 0.2) is 5.78 Å². The second-order valence-corrected chi connectivity index (χ2v) is 3.66. The van der Waals surface area contributed by atoms with Crippen molar-refractivity contribution in [2.75, 3.05) is 0 Å². The first-order valence-corrected chi connectivity index (χ1v) is 5.52. The highest BCUT2D eigenvalue weighted by Gasteiger charge is 2.09. The number of carboxylic acid groups (broad SMARTS) is 1. The minimum Gasteiger partial charge on any atom is -0.478 e. The lowest BCUT2D eigenvalue weighted by Crippen LogP contribution is -2.02. The molecule has 0 bridgehead atoms. The van der Waals surface area contributed by atoms with E-state index < -0.39 is 5.97 Å². The molecule has 0 aliphatic heterocycles. The summed E-state index contributed by atoms with van der Waals surface area (Å²) in [5.74, 6) is -1.11. The first kappa shape index (κ1) is 15.0. The smallest absolute Gasteiger partial charge is 0.373 e. The summed E-state index contributed by atoms with van der Waals surface area (Å²) in [7, 11) is 0. The molecule has 0 aromatic heterocycles. The van der Waals surface area contributed by atoms with Crippen LogP contribution < -0.4 is 0 Å². The second-order valence-electron chi connectivity index (χ2n) is 3.66. The summed E-state index contributed by atoms with van der Waals surface area (Å²) in [6, 6.07) is 14.8. The molecule has 5 heteroatoms. The zero-order valence-corrected chi connectivity index (χ0v) is 10.3. The van der Waals surface area contributed by atoms with E-state index in [-0.39, 0.29) is 17.5 Å². The fraction of sp³-hybridized carbons (Fsp3) is 0. The van der Waals surface area contributed by atoms with Gasteiger partial charge in [0.05, 0.1) is 5.56 Å². The fourth-order valence-corrected chi connectivity index (χ4v) is 1.52. The number of ketones is 1. The summed E-state index contributed by atoms with van der Waals surface area (Å²) in [5.41, 5.74) is 1.26. The number of hydrogen-bond acceptors (Lipinski definition) is 4. The van der Waals surface area contributed by atoms with Crippen LogP contribution in [0.15, 0.2) is 54.6 Å². The van der Waals surface area contributed by atoms with E-state index in [1.165, 1.54) is 24.3 Å². The lowest BCUT2D eigenvalue weighted by Gasteiger charge is -2.01. The van der Waals surface area contributed by atoms with Gasteiger partial charge in [0, 0.05) is 11.1 Å². The van der Waals surface area contributed by atoms with Crippen molar-refractivity contribution in [2.45, 2.75) is 0 Å². The molecular weight excluding hydrogens is 260 g/mol. The largest absolute Gasteiger partial charge is 0.478 e. The Kier molecular flexibility index (Phi) is 5.56. The molecule has 2 rings (SSSR count). The first-order valence-electron chi connectivity index (χ1n) is 5.52. The molecule has 0 aliphatic rings. The Balaban J connectivity index is 0.000000612. The zero-order valence-electron chi connectivity index (χ0n) is 10.3. The van der Waals surface area contributed by atoms with E-state index in [9.17, 15) is 9.59 Å². The van der Waals surface area contributed by atoms with E-state index in [0.29, 0.717) is 11.1 Å². The van der Waals surface area contributed by atoms with Crippen molar-refractivity contribution in [3.63, 3.8) is 0 Å². The van der Waals surface area contributed by atoms with Crippen LogP contribution in [0, 0.1) is 0 Å². The molecule has 0 spiro atoms. The summed E-state index contributed by atoms with van der Waals surface area (Å²) < 4.78 is 0. The predicted octanol–water partition coefficient (Wildman–Crippen LogP) is 2.03. The van der Waals surface area contributed by atoms with Crippen LogP contribution in [-0.4, -0.2) is 23.0 Å². The Labute approximate surface area is 114 Å². The van der Waals surface area contributed by atoms with Gasteiger partial charge in [0.25, 0.3) is 0 Å². The molecule has 2 aromatic carbocycles. The van der Waals surface area contributed by atoms with E-state index in [1.54, 1.807) is 24.3 Å². The van der Waals surface area contributed by atoms with Gasteiger partial charge in [-0.05, 0) is 12.1 Å². The predicted molar refractivity (Wildman–Crippen MR) is 68.3 cm³/mol. The molecule has 0 saturated heterocycles. The molecule has 1 N–H and O–H groups in total. The van der Waals surface area contributed by atoms with Crippen LogP contribution in [0.4, 0.5) is 0 Å². The van der Waals surface area contributed by atoms with Crippen molar-refractivity contribution in [2.24, 2.45) is 0 Å². The van der Waals surface area contributed by atoms with E-state index in [2.05, 4.69) is 0 Å². The molecule has 0 unspecified atom stereocenters. The highest BCUT2D eigenvalue weighted by molar-refractivity contribution is 6.09. The van der Waals surface area contributed by atoms with Crippen LogP contribution in [0.2, 0.25) is 0 Å². The first-order chi connectivity index (χ1) is 9.60. The van der Waals surface area contributed by atoms with Crippen LogP contribution in [0.25, 0.3) is 0 Å². The lowest BCUT2D eigenvalue weighted by molar-refractivity contribution is -0.191. The normalized spacial score (nSPS) is 8.80. The maximum Gasteiger partial charge on any atom is 0.373 e. The summed E-state index contributed by atoms with van der Waals surface area (Å²) in [6.07, 6.45) is 0.250. The van der Waals surface area contributed by atoms with Gasteiger partial charge >= 0.3 is 12.1 Å². The van der Waals surface area contributed by atoms with Crippen molar-refractivity contribution < 1.29 is 24.3 Å². The van der Waals surface area contributed by atoms with Gasteiger partial charge in [-0.15, -0.1) is 0 Å². The molecule has 0 amide bonds. The number of rotatable bonds is 3. The monoisotopic (exact) mass is 270 g/mol. The van der Waals surface area contributed by atoms with Gasteiger partial charge in [-0.25, -0.2) is 4.79 Å². The lowest BCUT2D eigenvalue weighted by atomic mass is 10.0. The molecular formula is C15H10O5. The Morgan fingerprint density at radius 2 is 1.15 bits per heavy atom. The number of hydrogen-bond donors (Lipinski definition) is 1. The highest BCUT2D eigenvalue weighted by atomic mass is 16.4. The fourth-order valence-electron chi connectivity index (χ4n) is 1.52. The molecule has 0 aliphatic carbocycles. The van der Waals surface area contributed by atoms with Crippen molar-refractivity contribution in [3.05, 3.63) is 71.3 Å². The Hall–Kier alpha value is -3.04. The number of carbonyl (C=O) groups excluding carboxylic acids is 3. The summed E-state index contributed by atoms with van der Waals surface area (Å²) in [4.78, 5) is 38.9. The van der Waals surface area contributed by atoms with E-state index in [0.717, 1.165) is 0 Å². The van der Waals surface area contributed by atoms with Gasteiger partial charge in [-0.2, -0.15) is 9.59 Å². The number of aromatic carboxylic acids is 1. The molecule has 0 fully saturated rings. The second kappa shape index (κ2) is 7.41. The maximum atomic E-state index is 12.0. The standard InChI is InChI=1S/C14H10O3.CO2/c15-13(10-4-2-1-3-5-10)11-6-8-12(9-7-11)14(16)17;2-1-3/h1-9H,(H,16,17);. The van der Waals surface area contributed by atoms with Gasteiger partial charge in [-0.1, -0.05) is 42.5 Å². The van der Waals surface area contributed by atoms with E-state index >= 15 is 0 Å². The topological polar surface area (TPSA) is 88.5 Å². The minimum absolute atomic E-state index is 0.109. The average Bonchev–Trinajstić information content (AvgIpc) is 2.48. The van der Waals surface area contributed by atoms with Crippen molar-refractivity contribution >= 4 is 17.9 Å². The Morgan fingerprint density at radius 1 is 0.750 bits per heavy atom. The van der Waals surface area contributed by atoms with Crippen molar-refractivity contribution in [1.29, 1.82) is 0 Å². The highest BCUT2D eigenvalue weighted by Crippen LogP contribution is 2.11. The Bertz CT molecular complexity index is 623. The van der Waals surface area contributed by atoms with Crippen molar-refractivity contribution in [3.8, 4) is 0 Å². The summed E-state index contributed by atoms with van der Waals surface area (Å²) in [5, 5.41) is 8.75. The molecule has 0 heterocycles. The molecule has 0 radical (unpaired) electrons. The molecule has 5 nitrogen and oxygen atoms in total. The van der Waals surface area contributed by atoms with Crippen LogP contribution in [0.5, 0.6) is 0 Å². The summed E-state index contributed by atoms with van der Waals surface area (Å²) >= 11 is 0. The maximum absolute atomic E-state index is 12.0. The quantitative estimate of drug-likeness (QED) is 0.862. The number of carboxylic acids is 1. The van der Waals surface area contributed by atoms with Crippen LogP contribution in [-0.2, 0) is 9.59 Å². The molecule has 20 heavy (non-hydrogen) atoms. The third-order valence-corrected chi connectivity index (χ3v) is 2.43. The van der Waals surface area contributed by atoms with Gasteiger partial charge in [0.2, 0.25) is 0 Å². The van der Waals surface area contributed by atoms with Gasteiger partial charge < -0.3 is 5.11 Å². The third kappa shape index (κ3) is 4.01. The van der Waals surface area contributed by atoms with E-state index in [4.69, 9.17) is 14.7 Å².